The van der Waals surface area contributed by atoms with Crippen LogP contribution in [0.3, 0.4) is 0 Å². The van der Waals surface area contributed by atoms with Gasteiger partial charge in [-0.1, -0.05) is 54.1 Å². The van der Waals surface area contributed by atoms with Gasteiger partial charge in [-0.25, -0.2) is 0 Å². The van der Waals surface area contributed by atoms with Gasteiger partial charge in [0.1, 0.15) is 0 Å². The lowest BCUT2D eigenvalue weighted by Crippen LogP contribution is -2.24. The predicted molar refractivity (Wildman–Crippen MR) is 103 cm³/mol. The molecule has 0 heterocycles. The zero-order valence-electron chi connectivity index (χ0n) is 13.9. The molecule has 0 bridgehead atoms. The van der Waals surface area contributed by atoms with E-state index < -0.39 is 0 Å². The highest BCUT2D eigenvalue weighted by atomic mass is 35.5. The molecule has 3 aromatic carbocycles. The average molecular weight is 365 g/mol. The Morgan fingerprint density at radius 2 is 1.54 bits per heavy atom. The number of anilines is 1. The monoisotopic (exact) mass is 364 g/mol. The standard InChI is InChI=1S/C21H17ClN2O2/c22-17-10-6-7-15(13-17)14-23-21(26)18-11-4-5-12-19(18)24-20(25)16-8-2-1-3-9-16/h1-13H,14H2,(H,23,26)(H,24,25). The van der Waals surface area contributed by atoms with Crippen LogP contribution in [0.15, 0.2) is 78.9 Å². The first-order valence-corrected chi connectivity index (χ1v) is 8.49. The van der Waals surface area contributed by atoms with Crippen LogP contribution in [-0.2, 0) is 6.54 Å². The van der Waals surface area contributed by atoms with Gasteiger partial charge in [0.2, 0.25) is 0 Å². The van der Waals surface area contributed by atoms with E-state index in [1.807, 2.05) is 18.2 Å². The molecule has 0 aliphatic rings. The highest BCUT2D eigenvalue weighted by Crippen LogP contribution is 2.17. The largest absolute Gasteiger partial charge is 0.348 e. The maximum atomic E-state index is 12.5. The van der Waals surface area contributed by atoms with Gasteiger partial charge in [0, 0.05) is 17.1 Å². The SMILES string of the molecule is O=C(Nc1ccccc1C(=O)NCc1cccc(Cl)c1)c1ccccc1. The smallest absolute Gasteiger partial charge is 0.255 e. The summed E-state index contributed by atoms with van der Waals surface area (Å²) in [6.07, 6.45) is 0. The van der Waals surface area contributed by atoms with E-state index in [9.17, 15) is 9.59 Å². The first-order valence-electron chi connectivity index (χ1n) is 8.11. The van der Waals surface area contributed by atoms with Crippen LogP contribution in [-0.4, -0.2) is 11.8 Å². The summed E-state index contributed by atoms with van der Waals surface area (Å²) in [6, 6.07) is 23.1. The third-order valence-corrected chi connectivity index (χ3v) is 4.03. The number of hydrogen-bond acceptors (Lipinski definition) is 2. The number of rotatable bonds is 5. The Labute approximate surface area is 156 Å². The highest BCUT2D eigenvalue weighted by molar-refractivity contribution is 6.30. The van der Waals surface area contributed by atoms with E-state index in [0.717, 1.165) is 5.56 Å². The molecule has 3 aromatic rings. The molecule has 0 unspecified atom stereocenters. The molecule has 0 fully saturated rings. The van der Waals surface area contributed by atoms with Crippen molar-refractivity contribution < 1.29 is 9.59 Å². The fourth-order valence-corrected chi connectivity index (χ4v) is 2.71. The molecule has 0 atom stereocenters. The molecular weight excluding hydrogens is 348 g/mol. The Kier molecular flexibility index (Phi) is 5.66. The lowest BCUT2D eigenvalue weighted by atomic mass is 10.1. The summed E-state index contributed by atoms with van der Waals surface area (Å²) in [5.74, 6) is -0.533. The van der Waals surface area contributed by atoms with Crippen LogP contribution in [0.25, 0.3) is 0 Å². The van der Waals surface area contributed by atoms with Crippen LogP contribution >= 0.6 is 11.6 Å². The molecule has 5 heteroatoms. The Morgan fingerprint density at radius 3 is 2.31 bits per heavy atom. The minimum atomic E-state index is -0.270. The van der Waals surface area contributed by atoms with Gasteiger partial charge in [-0.05, 0) is 42.0 Å². The second-order valence-corrected chi connectivity index (χ2v) is 6.11. The van der Waals surface area contributed by atoms with Gasteiger partial charge in [-0.15, -0.1) is 0 Å². The zero-order valence-corrected chi connectivity index (χ0v) is 14.7. The molecule has 2 amide bonds. The van der Waals surface area contributed by atoms with E-state index in [-0.39, 0.29) is 11.8 Å². The van der Waals surface area contributed by atoms with E-state index in [4.69, 9.17) is 11.6 Å². The van der Waals surface area contributed by atoms with Crippen molar-refractivity contribution in [1.29, 1.82) is 0 Å². The van der Waals surface area contributed by atoms with Gasteiger partial charge in [0.25, 0.3) is 11.8 Å². The lowest BCUT2D eigenvalue weighted by molar-refractivity contribution is 0.0952. The summed E-state index contributed by atoms with van der Waals surface area (Å²) in [6.45, 7) is 0.348. The van der Waals surface area contributed by atoms with E-state index >= 15 is 0 Å². The minimum Gasteiger partial charge on any atom is -0.348 e. The van der Waals surface area contributed by atoms with Crippen molar-refractivity contribution in [3.63, 3.8) is 0 Å². The Morgan fingerprint density at radius 1 is 0.808 bits per heavy atom. The molecule has 2 N–H and O–H groups in total. The van der Waals surface area contributed by atoms with Crippen LogP contribution in [0.4, 0.5) is 5.69 Å². The molecule has 0 spiro atoms. The van der Waals surface area contributed by atoms with Crippen molar-refractivity contribution in [2.45, 2.75) is 6.54 Å². The van der Waals surface area contributed by atoms with Crippen molar-refractivity contribution >= 4 is 29.1 Å². The average Bonchev–Trinajstić information content (AvgIpc) is 2.67. The summed E-state index contributed by atoms with van der Waals surface area (Å²) in [5.41, 5.74) is 2.29. The summed E-state index contributed by atoms with van der Waals surface area (Å²) >= 11 is 5.96. The molecule has 3 rings (SSSR count). The topological polar surface area (TPSA) is 58.2 Å². The summed E-state index contributed by atoms with van der Waals surface area (Å²) in [4.78, 5) is 24.9. The van der Waals surface area contributed by atoms with E-state index in [1.165, 1.54) is 0 Å². The predicted octanol–water partition coefficient (Wildman–Crippen LogP) is 4.52. The van der Waals surface area contributed by atoms with Crippen molar-refractivity contribution in [3.8, 4) is 0 Å². The molecule has 130 valence electrons. The third kappa shape index (κ3) is 4.49. The Bertz CT molecular complexity index is 926. The van der Waals surface area contributed by atoms with Crippen LogP contribution in [0, 0.1) is 0 Å². The van der Waals surface area contributed by atoms with Gasteiger partial charge in [-0.2, -0.15) is 0 Å². The van der Waals surface area contributed by atoms with Crippen molar-refractivity contribution in [2.75, 3.05) is 5.32 Å². The maximum absolute atomic E-state index is 12.5. The molecule has 0 saturated carbocycles. The number of carbonyl (C=O) groups is 2. The molecule has 0 aliphatic heterocycles. The fourth-order valence-electron chi connectivity index (χ4n) is 2.50. The van der Waals surface area contributed by atoms with Crippen LogP contribution in [0.2, 0.25) is 5.02 Å². The van der Waals surface area contributed by atoms with Gasteiger partial charge in [0.15, 0.2) is 0 Å². The summed E-state index contributed by atoms with van der Waals surface area (Å²) < 4.78 is 0. The Balaban J connectivity index is 1.72. The number of hydrogen-bond donors (Lipinski definition) is 2. The van der Waals surface area contributed by atoms with Crippen molar-refractivity contribution in [2.24, 2.45) is 0 Å². The highest BCUT2D eigenvalue weighted by Gasteiger charge is 2.13. The second kappa shape index (κ2) is 8.32. The number of carbonyl (C=O) groups excluding carboxylic acids is 2. The van der Waals surface area contributed by atoms with Gasteiger partial charge >= 0.3 is 0 Å². The van der Waals surface area contributed by atoms with E-state index in [2.05, 4.69) is 10.6 Å². The van der Waals surface area contributed by atoms with Crippen molar-refractivity contribution in [3.05, 3.63) is 101 Å². The second-order valence-electron chi connectivity index (χ2n) is 5.68. The number of nitrogens with one attached hydrogen (secondary N) is 2. The number of benzene rings is 3. The first-order chi connectivity index (χ1) is 12.6. The summed E-state index contributed by atoms with van der Waals surface area (Å²) in [7, 11) is 0. The lowest BCUT2D eigenvalue weighted by Gasteiger charge is -2.12. The minimum absolute atomic E-state index is 0.263. The molecule has 4 nitrogen and oxygen atoms in total. The first kappa shape index (κ1) is 17.7. The van der Waals surface area contributed by atoms with Crippen LogP contribution in [0.5, 0.6) is 0 Å². The van der Waals surface area contributed by atoms with Gasteiger partial charge in [-0.3, -0.25) is 9.59 Å². The van der Waals surface area contributed by atoms with Crippen LogP contribution < -0.4 is 10.6 Å². The maximum Gasteiger partial charge on any atom is 0.255 e. The normalized spacial score (nSPS) is 10.2. The van der Waals surface area contributed by atoms with E-state index in [0.29, 0.717) is 28.4 Å². The number of amides is 2. The molecule has 0 aliphatic carbocycles. The van der Waals surface area contributed by atoms with E-state index in [1.54, 1.807) is 60.7 Å². The molecular formula is C21H17ClN2O2. The number of para-hydroxylation sites is 1. The Hall–Kier alpha value is -3.11. The van der Waals surface area contributed by atoms with Gasteiger partial charge in [0.05, 0.1) is 11.3 Å². The third-order valence-electron chi connectivity index (χ3n) is 3.80. The molecule has 0 radical (unpaired) electrons. The molecule has 0 saturated heterocycles. The number of halogens is 1. The fraction of sp³-hybridized carbons (Fsp3) is 0.0476. The quantitative estimate of drug-likeness (QED) is 0.699. The van der Waals surface area contributed by atoms with Crippen molar-refractivity contribution in [1.82, 2.24) is 5.32 Å². The molecule has 26 heavy (non-hydrogen) atoms. The van der Waals surface area contributed by atoms with Crippen LogP contribution in [0.1, 0.15) is 26.3 Å². The van der Waals surface area contributed by atoms with Gasteiger partial charge < -0.3 is 10.6 Å². The summed E-state index contributed by atoms with van der Waals surface area (Å²) in [5, 5.41) is 6.26. The zero-order chi connectivity index (χ0) is 18.4. The molecule has 0 aromatic heterocycles.